The molecule has 0 saturated carbocycles. The zero-order valence-electron chi connectivity index (χ0n) is 10.1. The maximum atomic E-state index is 13.6. The lowest BCUT2D eigenvalue weighted by molar-refractivity contribution is 0.541. The Morgan fingerprint density at radius 2 is 2.05 bits per heavy atom. The van der Waals surface area contributed by atoms with E-state index >= 15 is 0 Å². The van der Waals surface area contributed by atoms with Crippen LogP contribution in [0.15, 0.2) is 39.0 Å². The molecular weight excluding hydrogens is 372 g/mol. The number of hydrogen-bond acceptors (Lipinski definition) is 3. The molecule has 8 heteroatoms. The first-order chi connectivity index (χ1) is 9.40. The van der Waals surface area contributed by atoms with Crippen molar-refractivity contribution < 1.29 is 17.2 Å². The van der Waals surface area contributed by atoms with Crippen LogP contribution < -0.4 is 4.72 Å². The summed E-state index contributed by atoms with van der Waals surface area (Å²) >= 11 is 4.38. The van der Waals surface area contributed by atoms with Gasteiger partial charge in [0.25, 0.3) is 0 Å². The van der Waals surface area contributed by atoms with Crippen molar-refractivity contribution in [1.29, 1.82) is 0 Å². The summed E-state index contributed by atoms with van der Waals surface area (Å²) in [5.74, 6) is -1.97. The lowest BCUT2D eigenvalue weighted by atomic mass is 10.3. The van der Waals surface area contributed by atoms with Crippen molar-refractivity contribution in [3.8, 4) is 0 Å². The molecule has 108 valence electrons. The first kappa shape index (κ1) is 15.6. The van der Waals surface area contributed by atoms with E-state index in [1.807, 2.05) is 17.5 Å². The molecule has 1 aromatic heterocycles. The fourth-order valence-electron chi connectivity index (χ4n) is 1.62. The third-order valence-electron chi connectivity index (χ3n) is 2.48. The van der Waals surface area contributed by atoms with Crippen LogP contribution >= 0.6 is 27.3 Å². The number of rotatable bonds is 5. The van der Waals surface area contributed by atoms with E-state index in [4.69, 9.17) is 0 Å². The smallest absolute Gasteiger partial charge is 0.211 e. The summed E-state index contributed by atoms with van der Waals surface area (Å²) < 4.78 is 52.8. The number of thiophene rings is 1. The Labute approximate surface area is 127 Å². The van der Waals surface area contributed by atoms with E-state index in [1.54, 1.807) is 0 Å². The molecule has 0 aliphatic heterocycles. The Morgan fingerprint density at radius 3 is 2.65 bits per heavy atom. The molecule has 0 amide bonds. The van der Waals surface area contributed by atoms with Gasteiger partial charge >= 0.3 is 0 Å². The Hall–Kier alpha value is -0.830. The fourth-order valence-corrected chi connectivity index (χ4v) is 4.52. The molecule has 1 heterocycles. The molecule has 0 aliphatic rings. The first-order valence-corrected chi connectivity index (χ1v) is 8.72. The fraction of sp³-hybridized carbons (Fsp3) is 0.167. The second-order valence-corrected chi connectivity index (χ2v) is 7.52. The van der Waals surface area contributed by atoms with E-state index in [0.717, 1.165) is 10.9 Å². The van der Waals surface area contributed by atoms with E-state index in [1.165, 1.54) is 11.3 Å². The van der Waals surface area contributed by atoms with Crippen molar-refractivity contribution in [2.75, 3.05) is 6.54 Å². The average molecular weight is 382 g/mol. The highest BCUT2D eigenvalue weighted by molar-refractivity contribution is 9.10. The minimum Gasteiger partial charge on any atom is -0.211 e. The van der Waals surface area contributed by atoms with Gasteiger partial charge in [0.15, 0.2) is 0 Å². The molecule has 0 aliphatic carbocycles. The van der Waals surface area contributed by atoms with Gasteiger partial charge in [-0.25, -0.2) is 21.9 Å². The zero-order valence-corrected chi connectivity index (χ0v) is 13.3. The quantitative estimate of drug-likeness (QED) is 0.863. The second-order valence-electron chi connectivity index (χ2n) is 3.93. The van der Waals surface area contributed by atoms with Crippen LogP contribution in [0.4, 0.5) is 8.78 Å². The molecule has 0 atom stereocenters. The Morgan fingerprint density at radius 1 is 1.30 bits per heavy atom. The molecule has 0 spiro atoms. The number of sulfonamides is 1. The summed E-state index contributed by atoms with van der Waals surface area (Å²) in [6.07, 6.45) is 0.511. The molecule has 0 bridgehead atoms. The third-order valence-corrected chi connectivity index (χ3v) is 5.84. The SMILES string of the molecule is O=S(=O)(NCCc1cccs1)c1c(F)cc(F)cc1Br. The summed E-state index contributed by atoms with van der Waals surface area (Å²) in [4.78, 5) is 0.441. The van der Waals surface area contributed by atoms with Gasteiger partial charge in [0.05, 0.1) is 0 Å². The number of benzene rings is 1. The standard InChI is InChI=1S/C12H10BrF2NO2S2/c13-10-6-8(14)7-11(15)12(10)20(17,18)16-4-3-9-2-1-5-19-9/h1-2,5-7,16H,3-4H2. The van der Waals surface area contributed by atoms with Gasteiger partial charge in [-0.2, -0.15) is 0 Å². The lowest BCUT2D eigenvalue weighted by Crippen LogP contribution is -2.27. The maximum absolute atomic E-state index is 13.6. The van der Waals surface area contributed by atoms with Gasteiger partial charge in [-0.1, -0.05) is 6.07 Å². The third kappa shape index (κ3) is 3.63. The van der Waals surface area contributed by atoms with Crippen LogP contribution in [0.2, 0.25) is 0 Å². The predicted molar refractivity (Wildman–Crippen MR) is 77.3 cm³/mol. The largest absolute Gasteiger partial charge is 0.244 e. The monoisotopic (exact) mass is 381 g/mol. The van der Waals surface area contributed by atoms with Crippen LogP contribution in [0.5, 0.6) is 0 Å². The Kier molecular flexibility index (Phi) is 4.90. The molecule has 0 saturated heterocycles. The van der Waals surface area contributed by atoms with Crippen LogP contribution in [0.25, 0.3) is 0 Å². The molecule has 0 unspecified atom stereocenters. The minimum absolute atomic E-state index is 0.140. The van der Waals surface area contributed by atoms with E-state index in [0.29, 0.717) is 12.5 Å². The van der Waals surface area contributed by atoms with E-state index in [-0.39, 0.29) is 11.0 Å². The van der Waals surface area contributed by atoms with E-state index in [2.05, 4.69) is 20.7 Å². The van der Waals surface area contributed by atoms with Crippen LogP contribution in [-0.4, -0.2) is 15.0 Å². The van der Waals surface area contributed by atoms with Gasteiger partial charge in [0.2, 0.25) is 10.0 Å². The molecule has 20 heavy (non-hydrogen) atoms. The maximum Gasteiger partial charge on any atom is 0.244 e. The van der Waals surface area contributed by atoms with Crippen molar-refractivity contribution in [3.63, 3.8) is 0 Å². The number of hydrogen-bond donors (Lipinski definition) is 1. The lowest BCUT2D eigenvalue weighted by Gasteiger charge is -2.09. The van der Waals surface area contributed by atoms with Crippen LogP contribution in [0, 0.1) is 11.6 Å². The van der Waals surface area contributed by atoms with Gasteiger partial charge in [0, 0.05) is 22.0 Å². The van der Waals surface area contributed by atoms with Gasteiger partial charge in [-0.15, -0.1) is 11.3 Å². The molecule has 0 radical (unpaired) electrons. The molecule has 2 rings (SSSR count). The molecule has 1 N–H and O–H groups in total. The number of halogens is 3. The van der Waals surface area contributed by atoms with Crippen LogP contribution in [-0.2, 0) is 16.4 Å². The van der Waals surface area contributed by atoms with Gasteiger partial charge in [0.1, 0.15) is 16.5 Å². The Bertz CT molecular complexity index is 679. The van der Waals surface area contributed by atoms with E-state index < -0.39 is 26.6 Å². The molecule has 1 aromatic carbocycles. The topological polar surface area (TPSA) is 46.2 Å². The highest BCUT2D eigenvalue weighted by atomic mass is 79.9. The van der Waals surface area contributed by atoms with Crippen molar-refractivity contribution in [1.82, 2.24) is 4.72 Å². The Balaban J connectivity index is 2.14. The highest BCUT2D eigenvalue weighted by Crippen LogP contribution is 2.26. The van der Waals surface area contributed by atoms with Crippen molar-refractivity contribution in [2.45, 2.75) is 11.3 Å². The average Bonchev–Trinajstić information content (AvgIpc) is 2.79. The molecular formula is C12H10BrF2NO2S2. The molecule has 2 aromatic rings. The zero-order chi connectivity index (χ0) is 14.8. The summed E-state index contributed by atoms with van der Waals surface area (Å²) in [6.45, 7) is 0.145. The van der Waals surface area contributed by atoms with Gasteiger partial charge < -0.3 is 0 Å². The van der Waals surface area contributed by atoms with Crippen LogP contribution in [0.1, 0.15) is 4.88 Å². The van der Waals surface area contributed by atoms with Crippen molar-refractivity contribution in [2.24, 2.45) is 0 Å². The van der Waals surface area contributed by atoms with Crippen molar-refractivity contribution >= 4 is 37.3 Å². The van der Waals surface area contributed by atoms with E-state index in [9.17, 15) is 17.2 Å². The van der Waals surface area contributed by atoms with Gasteiger partial charge in [-0.05, 0) is 39.9 Å². The van der Waals surface area contributed by atoms with Crippen molar-refractivity contribution in [3.05, 3.63) is 50.6 Å². The van der Waals surface area contributed by atoms with Gasteiger partial charge in [-0.3, -0.25) is 0 Å². The second kappa shape index (κ2) is 6.30. The molecule has 0 fully saturated rings. The summed E-state index contributed by atoms with van der Waals surface area (Å²) in [5, 5.41) is 1.89. The summed E-state index contributed by atoms with van der Waals surface area (Å²) in [6, 6.07) is 5.20. The molecule has 3 nitrogen and oxygen atoms in total. The number of nitrogens with one attached hydrogen (secondary N) is 1. The van der Waals surface area contributed by atoms with Crippen LogP contribution in [0.3, 0.4) is 0 Å². The normalized spacial score (nSPS) is 11.8. The summed E-state index contributed by atoms with van der Waals surface area (Å²) in [5.41, 5.74) is 0. The minimum atomic E-state index is -4.03. The summed E-state index contributed by atoms with van der Waals surface area (Å²) in [7, 11) is -4.03. The highest BCUT2D eigenvalue weighted by Gasteiger charge is 2.23. The predicted octanol–water partition coefficient (Wildman–Crippen LogP) is 3.31. The first-order valence-electron chi connectivity index (χ1n) is 5.57.